The van der Waals surface area contributed by atoms with Crippen LogP contribution < -0.4 is 5.32 Å². The summed E-state index contributed by atoms with van der Waals surface area (Å²) in [5, 5.41) is 2.63. The van der Waals surface area contributed by atoms with E-state index in [0.29, 0.717) is 13.0 Å². The Hall–Kier alpha value is -2.04. The van der Waals surface area contributed by atoms with Crippen LogP contribution in [-0.4, -0.2) is 31.3 Å². The normalized spacial score (nSPS) is 12.3. The first kappa shape index (κ1) is 20.0. The van der Waals surface area contributed by atoms with Gasteiger partial charge in [-0.2, -0.15) is 0 Å². The SMILES string of the molecule is CCCCOC(=O)C(Cc1ccccc1)NC(=O)OCC(C)(C)C. The highest BCUT2D eigenvalue weighted by Crippen LogP contribution is 2.13. The molecule has 24 heavy (non-hydrogen) atoms. The molecule has 1 aromatic carbocycles. The Morgan fingerprint density at radius 1 is 1.12 bits per heavy atom. The summed E-state index contributed by atoms with van der Waals surface area (Å²) in [5.41, 5.74) is 0.819. The minimum absolute atomic E-state index is 0.131. The molecule has 0 spiro atoms. The van der Waals surface area contributed by atoms with Crippen LogP contribution in [0.25, 0.3) is 0 Å². The fraction of sp³-hybridized carbons (Fsp3) is 0.579. The van der Waals surface area contributed by atoms with Crippen LogP contribution in [0.15, 0.2) is 30.3 Å². The van der Waals surface area contributed by atoms with Crippen LogP contribution >= 0.6 is 0 Å². The predicted octanol–water partition coefficient (Wildman–Crippen LogP) is 3.71. The number of nitrogens with one attached hydrogen (secondary N) is 1. The Bertz CT molecular complexity index is 508. The Balaban J connectivity index is 2.66. The van der Waals surface area contributed by atoms with Crippen molar-refractivity contribution in [3.05, 3.63) is 35.9 Å². The monoisotopic (exact) mass is 335 g/mol. The molecule has 1 N–H and O–H groups in total. The summed E-state index contributed by atoms with van der Waals surface area (Å²) >= 11 is 0. The highest BCUT2D eigenvalue weighted by Gasteiger charge is 2.24. The Kier molecular flexibility index (Phi) is 8.30. The third-order valence-corrected chi connectivity index (χ3v) is 3.24. The zero-order valence-electron chi connectivity index (χ0n) is 15.1. The van der Waals surface area contributed by atoms with Gasteiger partial charge in [0.2, 0.25) is 0 Å². The van der Waals surface area contributed by atoms with Crippen molar-refractivity contribution in [2.75, 3.05) is 13.2 Å². The number of ether oxygens (including phenoxy) is 2. The molecule has 1 rings (SSSR count). The van der Waals surface area contributed by atoms with Gasteiger partial charge in [-0.05, 0) is 17.4 Å². The molecule has 0 aliphatic heterocycles. The molecule has 0 aromatic heterocycles. The van der Waals surface area contributed by atoms with Crippen LogP contribution in [0.3, 0.4) is 0 Å². The summed E-state index contributed by atoms with van der Waals surface area (Å²) in [4.78, 5) is 24.3. The summed E-state index contributed by atoms with van der Waals surface area (Å²) in [7, 11) is 0. The molecular weight excluding hydrogens is 306 g/mol. The number of benzene rings is 1. The minimum atomic E-state index is -0.753. The number of amides is 1. The molecule has 0 fully saturated rings. The fourth-order valence-electron chi connectivity index (χ4n) is 1.93. The van der Waals surface area contributed by atoms with E-state index in [1.54, 1.807) is 0 Å². The first-order valence-electron chi connectivity index (χ1n) is 8.45. The average Bonchev–Trinajstić information content (AvgIpc) is 2.53. The van der Waals surface area contributed by atoms with Crippen LogP contribution in [0.4, 0.5) is 4.79 Å². The molecule has 0 aliphatic rings. The van der Waals surface area contributed by atoms with Gasteiger partial charge in [-0.25, -0.2) is 9.59 Å². The summed E-state index contributed by atoms with van der Waals surface area (Å²) in [6, 6.07) is 8.77. The fourth-order valence-corrected chi connectivity index (χ4v) is 1.93. The first-order valence-corrected chi connectivity index (χ1v) is 8.45. The maximum Gasteiger partial charge on any atom is 0.407 e. The number of carbonyl (C=O) groups excluding carboxylic acids is 2. The highest BCUT2D eigenvalue weighted by molar-refractivity contribution is 5.81. The second-order valence-corrected chi connectivity index (χ2v) is 7.04. The molecule has 134 valence electrons. The van der Waals surface area contributed by atoms with Gasteiger partial charge in [0, 0.05) is 6.42 Å². The number of hydrogen-bond donors (Lipinski definition) is 1. The van der Waals surface area contributed by atoms with Gasteiger partial charge in [-0.1, -0.05) is 64.4 Å². The van der Waals surface area contributed by atoms with E-state index in [9.17, 15) is 9.59 Å². The molecule has 0 bridgehead atoms. The maximum absolute atomic E-state index is 12.3. The molecule has 1 aromatic rings. The van der Waals surface area contributed by atoms with Crippen molar-refractivity contribution in [1.82, 2.24) is 5.32 Å². The second-order valence-electron chi connectivity index (χ2n) is 7.04. The van der Waals surface area contributed by atoms with Gasteiger partial charge in [-0.15, -0.1) is 0 Å². The number of hydrogen-bond acceptors (Lipinski definition) is 4. The van der Waals surface area contributed by atoms with Gasteiger partial charge in [0.25, 0.3) is 0 Å². The van der Waals surface area contributed by atoms with Gasteiger partial charge in [0.1, 0.15) is 6.04 Å². The van der Waals surface area contributed by atoms with E-state index < -0.39 is 18.1 Å². The standard InChI is InChI=1S/C19H29NO4/c1-5-6-12-23-17(21)16(13-15-10-8-7-9-11-15)20-18(22)24-14-19(2,3)4/h7-11,16H,5-6,12-14H2,1-4H3,(H,20,22). The lowest BCUT2D eigenvalue weighted by Gasteiger charge is -2.21. The van der Waals surface area contributed by atoms with Crippen molar-refractivity contribution in [1.29, 1.82) is 0 Å². The number of unbranched alkanes of at least 4 members (excludes halogenated alkanes) is 1. The van der Waals surface area contributed by atoms with Crippen LogP contribution in [0.5, 0.6) is 0 Å². The van der Waals surface area contributed by atoms with E-state index in [1.807, 2.05) is 58.0 Å². The van der Waals surface area contributed by atoms with Crippen molar-refractivity contribution in [2.45, 2.75) is 53.0 Å². The third kappa shape index (κ3) is 8.56. The molecule has 1 amide bonds. The topological polar surface area (TPSA) is 64.6 Å². The highest BCUT2D eigenvalue weighted by atomic mass is 16.6. The molecule has 0 aliphatic carbocycles. The van der Waals surface area contributed by atoms with Gasteiger partial charge in [-0.3, -0.25) is 0 Å². The predicted molar refractivity (Wildman–Crippen MR) is 93.7 cm³/mol. The van der Waals surface area contributed by atoms with Crippen molar-refractivity contribution >= 4 is 12.1 Å². The average molecular weight is 335 g/mol. The summed E-state index contributed by atoms with van der Waals surface area (Å²) in [6.45, 7) is 8.58. The lowest BCUT2D eigenvalue weighted by atomic mass is 9.99. The van der Waals surface area contributed by atoms with Crippen LogP contribution in [0.2, 0.25) is 0 Å². The smallest absolute Gasteiger partial charge is 0.407 e. The molecule has 0 radical (unpaired) electrons. The van der Waals surface area contributed by atoms with Crippen LogP contribution in [0, 0.1) is 5.41 Å². The minimum Gasteiger partial charge on any atom is -0.464 e. The number of rotatable bonds is 8. The van der Waals surface area contributed by atoms with E-state index in [1.165, 1.54) is 0 Å². The van der Waals surface area contributed by atoms with E-state index >= 15 is 0 Å². The Morgan fingerprint density at radius 3 is 2.38 bits per heavy atom. The van der Waals surface area contributed by atoms with E-state index in [0.717, 1.165) is 18.4 Å². The van der Waals surface area contributed by atoms with Gasteiger partial charge >= 0.3 is 12.1 Å². The summed E-state index contributed by atoms with van der Waals surface area (Å²) in [6.07, 6.45) is 1.52. The maximum atomic E-state index is 12.3. The molecule has 0 saturated heterocycles. The second kappa shape index (κ2) is 9.96. The van der Waals surface area contributed by atoms with E-state index in [4.69, 9.17) is 9.47 Å². The largest absolute Gasteiger partial charge is 0.464 e. The zero-order chi connectivity index (χ0) is 18.0. The molecular formula is C19H29NO4. The van der Waals surface area contributed by atoms with Gasteiger partial charge in [0.15, 0.2) is 0 Å². The van der Waals surface area contributed by atoms with Crippen LogP contribution in [0.1, 0.15) is 46.1 Å². The van der Waals surface area contributed by atoms with Gasteiger partial charge < -0.3 is 14.8 Å². The van der Waals surface area contributed by atoms with Crippen molar-refractivity contribution in [2.24, 2.45) is 5.41 Å². The first-order chi connectivity index (χ1) is 11.3. The summed E-state index contributed by atoms with van der Waals surface area (Å²) in [5.74, 6) is -0.431. The Labute approximate surface area is 144 Å². The van der Waals surface area contributed by atoms with Crippen molar-refractivity contribution in [3.63, 3.8) is 0 Å². The lowest BCUT2D eigenvalue weighted by molar-refractivity contribution is -0.146. The molecule has 1 atom stereocenters. The third-order valence-electron chi connectivity index (χ3n) is 3.24. The van der Waals surface area contributed by atoms with Crippen molar-refractivity contribution < 1.29 is 19.1 Å². The van der Waals surface area contributed by atoms with Crippen molar-refractivity contribution in [3.8, 4) is 0 Å². The summed E-state index contributed by atoms with van der Waals surface area (Å²) < 4.78 is 10.4. The molecule has 5 heteroatoms. The van der Waals surface area contributed by atoms with Gasteiger partial charge in [0.05, 0.1) is 13.2 Å². The quantitative estimate of drug-likeness (QED) is 0.581. The van der Waals surface area contributed by atoms with E-state index in [-0.39, 0.29) is 12.0 Å². The molecule has 5 nitrogen and oxygen atoms in total. The number of carbonyl (C=O) groups is 2. The number of alkyl carbamates (subject to hydrolysis) is 1. The van der Waals surface area contributed by atoms with Crippen LogP contribution in [-0.2, 0) is 20.7 Å². The molecule has 1 unspecified atom stereocenters. The lowest BCUT2D eigenvalue weighted by Crippen LogP contribution is -2.44. The Morgan fingerprint density at radius 2 is 1.79 bits per heavy atom. The van der Waals surface area contributed by atoms with E-state index in [2.05, 4.69) is 5.32 Å². The molecule has 0 saturated carbocycles. The zero-order valence-corrected chi connectivity index (χ0v) is 15.1. The molecule has 0 heterocycles. The number of esters is 1.